The standard InChI is InChI=1S/C19H22N2O/c1-4-22-19-10-8-16(9-11-19)17(14-20)12-15-6-5-7-18(13-15)21(2)3/h5-11,13,17H,4,12H2,1-3H3. The van der Waals surface area contributed by atoms with E-state index in [9.17, 15) is 5.26 Å². The van der Waals surface area contributed by atoms with E-state index in [1.165, 1.54) is 5.56 Å². The summed E-state index contributed by atoms with van der Waals surface area (Å²) in [5.41, 5.74) is 3.36. The molecule has 0 aliphatic heterocycles. The third-order valence-electron chi connectivity index (χ3n) is 3.62. The van der Waals surface area contributed by atoms with E-state index in [0.717, 1.165) is 17.0 Å². The van der Waals surface area contributed by atoms with E-state index in [0.29, 0.717) is 13.0 Å². The molecule has 2 aromatic rings. The first-order valence-corrected chi connectivity index (χ1v) is 7.52. The molecule has 0 N–H and O–H groups in total. The number of hydrogen-bond acceptors (Lipinski definition) is 3. The van der Waals surface area contributed by atoms with E-state index in [4.69, 9.17) is 4.74 Å². The molecule has 0 aliphatic rings. The first-order valence-electron chi connectivity index (χ1n) is 7.52. The molecule has 2 rings (SSSR count). The number of benzene rings is 2. The van der Waals surface area contributed by atoms with E-state index in [2.05, 4.69) is 29.2 Å². The summed E-state index contributed by atoms with van der Waals surface area (Å²) in [6.45, 7) is 2.61. The van der Waals surface area contributed by atoms with Crippen molar-refractivity contribution in [2.75, 3.05) is 25.6 Å². The molecule has 0 saturated heterocycles. The van der Waals surface area contributed by atoms with Crippen molar-refractivity contribution in [3.63, 3.8) is 0 Å². The second kappa shape index (κ2) is 7.51. The minimum Gasteiger partial charge on any atom is -0.494 e. The monoisotopic (exact) mass is 294 g/mol. The molecular weight excluding hydrogens is 272 g/mol. The Morgan fingerprint density at radius 1 is 1.14 bits per heavy atom. The van der Waals surface area contributed by atoms with Crippen molar-refractivity contribution < 1.29 is 4.74 Å². The molecule has 114 valence electrons. The van der Waals surface area contributed by atoms with Crippen LogP contribution in [0.3, 0.4) is 0 Å². The summed E-state index contributed by atoms with van der Waals surface area (Å²) in [5, 5.41) is 9.50. The largest absolute Gasteiger partial charge is 0.494 e. The van der Waals surface area contributed by atoms with Crippen LogP contribution in [0.4, 0.5) is 5.69 Å². The van der Waals surface area contributed by atoms with Crippen molar-refractivity contribution >= 4 is 5.69 Å². The highest BCUT2D eigenvalue weighted by Gasteiger charge is 2.12. The zero-order valence-electron chi connectivity index (χ0n) is 13.4. The number of nitrogens with zero attached hydrogens (tertiary/aromatic N) is 2. The third kappa shape index (κ3) is 4.02. The predicted octanol–water partition coefficient (Wildman–Crippen LogP) is 4.00. The van der Waals surface area contributed by atoms with Crippen LogP contribution < -0.4 is 9.64 Å². The Kier molecular flexibility index (Phi) is 5.43. The number of ether oxygens (including phenoxy) is 1. The van der Waals surface area contributed by atoms with Crippen molar-refractivity contribution in [3.05, 3.63) is 59.7 Å². The first-order chi connectivity index (χ1) is 10.6. The molecule has 0 heterocycles. The van der Waals surface area contributed by atoms with Crippen LogP contribution in [0, 0.1) is 11.3 Å². The van der Waals surface area contributed by atoms with Gasteiger partial charge in [-0.15, -0.1) is 0 Å². The number of anilines is 1. The molecular formula is C19H22N2O. The topological polar surface area (TPSA) is 36.3 Å². The summed E-state index contributed by atoms with van der Waals surface area (Å²) in [5.74, 6) is 0.700. The lowest BCUT2D eigenvalue weighted by molar-refractivity contribution is 0.340. The van der Waals surface area contributed by atoms with Gasteiger partial charge in [-0.05, 0) is 48.7 Å². The maximum Gasteiger partial charge on any atom is 0.119 e. The van der Waals surface area contributed by atoms with E-state index in [-0.39, 0.29) is 5.92 Å². The highest BCUT2D eigenvalue weighted by atomic mass is 16.5. The molecule has 0 fully saturated rings. The highest BCUT2D eigenvalue weighted by Crippen LogP contribution is 2.24. The van der Waals surface area contributed by atoms with Gasteiger partial charge in [-0.2, -0.15) is 5.26 Å². The Bertz CT molecular complexity index is 641. The normalized spacial score (nSPS) is 11.5. The van der Waals surface area contributed by atoms with Gasteiger partial charge in [0, 0.05) is 19.8 Å². The lowest BCUT2D eigenvalue weighted by atomic mass is 9.93. The molecule has 0 bridgehead atoms. The second-order valence-corrected chi connectivity index (χ2v) is 5.45. The van der Waals surface area contributed by atoms with Crippen molar-refractivity contribution in [2.45, 2.75) is 19.3 Å². The minimum atomic E-state index is -0.145. The van der Waals surface area contributed by atoms with Gasteiger partial charge in [0.2, 0.25) is 0 Å². The molecule has 0 saturated carbocycles. The van der Waals surface area contributed by atoms with Crippen molar-refractivity contribution in [1.29, 1.82) is 5.26 Å². The average molecular weight is 294 g/mol. The van der Waals surface area contributed by atoms with Crippen molar-refractivity contribution in [2.24, 2.45) is 0 Å². The molecule has 3 heteroatoms. The Morgan fingerprint density at radius 3 is 2.45 bits per heavy atom. The summed E-state index contributed by atoms with van der Waals surface area (Å²) in [7, 11) is 4.04. The van der Waals surface area contributed by atoms with Gasteiger partial charge in [-0.3, -0.25) is 0 Å². The van der Waals surface area contributed by atoms with Gasteiger partial charge in [-0.25, -0.2) is 0 Å². The number of hydrogen-bond donors (Lipinski definition) is 0. The maximum atomic E-state index is 9.50. The molecule has 3 nitrogen and oxygen atoms in total. The molecule has 1 atom stereocenters. The summed E-state index contributed by atoms with van der Waals surface area (Å²) in [6, 6.07) is 18.6. The zero-order valence-corrected chi connectivity index (χ0v) is 13.4. The molecule has 0 amide bonds. The molecule has 2 aromatic carbocycles. The smallest absolute Gasteiger partial charge is 0.119 e. The van der Waals surface area contributed by atoms with Gasteiger partial charge in [0.1, 0.15) is 5.75 Å². The first kappa shape index (κ1) is 15.9. The van der Waals surface area contributed by atoms with Crippen molar-refractivity contribution in [1.82, 2.24) is 0 Å². The van der Waals surface area contributed by atoms with Crippen LogP contribution in [0.5, 0.6) is 5.75 Å². The summed E-state index contributed by atoms with van der Waals surface area (Å²) in [4.78, 5) is 2.07. The maximum absolute atomic E-state index is 9.50. The highest BCUT2D eigenvalue weighted by molar-refractivity contribution is 5.47. The predicted molar refractivity (Wildman–Crippen MR) is 90.4 cm³/mol. The molecule has 0 aromatic heterocycles. The molecule has 0 spiro atoms. The van der Waals surface area contributed by atoms with Gasteiger partial charge in [-0.1, -0.05) is 24.3 Å². The lowest BCUT2D eigenvalue weighted by Crippen LogP contribution is -2.09. The van der Waals surface area contributed by atoms with Gasteiger partial charge in [0.15, 0.2) is 0 Å². The SMILES string of the molecule is CCOc1ccc(C(C#N)Cc2cccc(N(C)C)c2)cc1. The molecule has 1 unspecified atom stereocenters. The van der Waals surface area contributed by atoms with Crippen LogP contribution in [0.25, 0.3) is 0 Å². The van der Waals surface area contributed by atoms with Gasteiger partial charge >= 0.3 is 0 Å². The molecule has 0 radical (unpaired) electrons. The lowest BCUT2D eigenvalue weighted by Gasteiger charge is -2.15. The Labute approximate surface area is 132 Å². The van der Waals surface area contributed by atoms with Crippen molar-refractivity contribution in [3.8, 4) is 11.8 Å². The van der Waals surface area contributed by atoms with E-state index in [1.807, 2.05) is 51.4 Å². The van der Waals surface area contributed by atoms with E-state index < -0.39 is 0 Å². The summed E-state index contributed by atoms with van der Waals surface area (Å²) >= 11 is 0. The Balaban J connectivity index is 2.15. The Morgan fingerprint density at radius 2 is 1.86 bits per heavy atom. The van der Waals surface area contributed by atoms with Crippen LogP contribution in [0.2, 0.25) is 0 Å². The number of rotatable bonds is 6. The Hall–Kier alpha value is -2.47. The molecule has 22 heavy (non-hydrogen) atoms. The van der Waals surface area contributed by atoms with Gasteiger partial charge in [0.25, 0.3) is 0 Å². The third-order valence-corrected chi connectivity index (χ3v) is 3.62. The van der Waals surface area contributed by atoms with Gasteiger partial charge < -0.3 is 9.64 Å². The summed E-state index contributed by atoms with van der Waals surface area (Å²) in [6.07, 6.45) is 0.714. The van der Waals surface area contributed by atoms with Gasteiger partial charge in [0.05, 0.1) is 18.6 Å². The quantitative estimate of drug-likeness (QED) is 0.808. The van der Waals surface area contributed by atoms with E-state index in [1.54, 1.807) is 0 Å². The fraction of sp³-hybridized carbons (Fsp3) is 0.316. The average Bonchev–Trinajstić information content (AvgIpc) is 2.54. The van der Waals surface area contributed by atoms with Crippen LogP contribution in [0.15, 0.2) is 48.5 Å². The number of nitriles is 1. The molecule has 0 aliphatic carbocycles. The fourth-order valence-corrected chi connectivity index (χ4v) is 2.40. The van der Waals surface area contributed by atoms with Crippen LogP contribution in [-0.4, -0.2) is 20.7 Å². The second-order valence-electron chi connectivity index (χ2n) is 5.45. The fourth-order valence-electron chi connectivity index (χ4n) is 2.40. The van der Waals surface area contributed by atoms with Crippen LogP contribution >= 0.6 is 0 Å². The zero-order chi connectivity index (χ0) is 15.9. The minimum absolute atomic E-state index is 0.145. The summed E-state index contributed by atoms with van der Waals surface area (Å²) < 4.78 is 5.45. The van der Waals surface area contributed by atoms with Crippen LogP contribution in [-0.2, 0) is 6.42 Å². The van der Waals surface area contributed by atoms with E-state index >= 15 is 0 Å². The van der Waals surface area contributed by atoms with Crippen LogP contribution in [0.1, 0.15) is 24.0 Å².